The zero-order valence-electron chi connectivity index (χ0n) is 6.85. The summed E-state index contributed by atoms with van der Waals surface area (Å²) in [4.78, 5) is 0. The third kappa shape index (κ3) is 9.58. The van der Waals surface area contributed by atoms with E-state index in [9.17, 15) is 26.3 Å². The van der Waals surface area contributed by atoms with Crippen LogP contribution >= 0.6 is 0 Å². The van der Waals surface area contributed by atoms with E-state index in [-0.39, 0.29) is 16.5 Å². The van der Waals surface area contributed by atoms with Crippen LogP contribution in [0.2, 0.25) is 0 Å². The Kier molecular flexibility index (Phi) is 8.03. The summed E-state index contributed by atoms with van der Waals surface area (Å²) in [6, 6.07) is 0. The standard InChI is InChI=1S/2CHF3O3S.Ni/c2*2-1(3,4)8(5,6)7;/h2*(H,5,6,7);/q;;+2/p-2. The summed E-state index contributed by atoms with van der Waals surface area (Å²) in [5.74, 6) is 0. The summed E-state index contributed by atoms with van der Waals surface area (Å²) in [6.45, 7) is 0. The molecule has 0 atom stereocenters. The predicted molar refractivity (Wildman–Crippen MR) is 31.5 cm³/mol. The van der Waals surface area contributed by atoms with Gasteiger partial charge in [-0.1, -0.05) is 0 Å². The molecule has 0 aliphatic rings. The van der Waals surface area contributed by atoms with Crippen LogP contribution in [0.1, 0.15) is 0 Å². The minimum absolute atomic E-state index is 0. The second-order valence-corrected chi connectivity index (χ2v) is 4.54. The Morgan fingerprint density at radius 3 is 0.706 bits per heavy atom. The van der Waals surface area contributed by atoms with Crippen LogP contribution in [0.3, 0.4) is 0 Å². The van der Waals surface area contributed by atoms with Crippen molar-refractivity contribution in [2.45, 2.75) is 11.0 Å². The smallest absolute Gasteiger partial charge is 0.741 e. The maximum Gasteiger partial charge on any atom is 2.00 e. The summed E-state index contributed by atoms with van der Waals surface area (Å²) in [5.41, 5.74) is -11.3. The fourth-order valence-corrected chi connectivity index (χ4v) is 0. The fraction of sp³-hybridized carbons (Fsp3) is 1.00. The average molecular weight is 357 g/mol. The molecule has 6 nitrogen and oxygen atoms in total. The van der Waals surface area contributed by atoms with Gasteiger partial charge in [0.15, 0.2) is 20.2 Å². The summed E-state index contributed by atoms with van der Waals surface area (Å²) in [7, 11) is -12.2. The van der Waals surface area contributed by atoms with Gasteiger partial charge in [-0.3, -0.25) is 0 Å². The molecule has 0 aromatic rings. The Labute approximate surface area is 100 Å². The van der Waals surface area contributed by atoms with E-state index in [4.69, 9.17) is 25.9 Å². The van der Waals surface area contributed by atoms with Crippen LogP contribution in [0.15, 0.2) is 0 Å². The molecule has 0 unspecified atom stereocenters. The first kappa shape index (κ1) is 22.1. The molecule has 0 saturated carbocycles. The monoisotopic (exact) mass is 356 g/mol. The molecule has 0 spiro atoms. The van der Waals surface area contributed by atoms with Crippen LogP contribution in [-0.2, 0) is 36.7 Å². The molecule has 17 heavy (non-hydrogen) atoms. The molecule has 0 aromatic carbocycles. The van der Waals surface area contributed by atoms with Crippen molar-refractivity contribution in [3.63, 3.8) is 0 Å². The number of alkyl halides is 6. The number of hydrogen-bond acceptors (Lipinski definition) is 6. The van der Waals surface area contributed by atoms with Gasteiger partial charge in [0.05, 0.1) is 0 Å². The minimum Gasteiger partial charge on any atom is -0.741 e. The van der Waals surface area contributed by atoms with Crippen molar-refractivity contribution in [2.24, 2.45) is 0 Å². The van der Waals surface area contributed by atoms with Gasteiger partial charge in [0, 0.05) is 0 Å². The fourth-order valence-electron chi connectivity index (χ4n) is 0. The molecule has 0 N–H and O–H groups in total. The van der Waals surface area contributed by atoms with Crippen molar-refractivity contribution in [3.8, 4) is 0 Å². The van der Waals surface area contributed by atoms with Crippen LogP contribution in [0, 0.1) is 0 Å². The average Bonchev–Trinajstić information content (AvgIpc) is 1.77. The first-order chi connectivity index (χ1) is 6.50. The molecular weight excluding hydrogens is 357 g/mol. The Morgan fingerprint density at radius 1 is 0.647 bits per heavy atom. The second kappa shape index (κ2) is 6.18. The van der Waals surface area contributed by atoms with E-state index in [1.54, 1.807) is 0 Å². The Balaban J connectivity index is -0.000000218. The number of halogens is 6. The minimum atomic E-state index is -6.09. The van der Waals surface area contributed by atoms with E-state index in [2.05, 4.69) is 0 Å². The molecule has 108 valence electrons. The van der Waals surface area contributed by atoms with E-state index in [0.29, 0.717) is 0 Å². The number of rotatable bonds is 0. The first-order valence-corrected chi connectivity index (χ1v) is 5.36. The number of hydrogen-bond donors (Lipinski definition) is 0. The molecule has 0 saturated heterocycles. The van der Waals surface area contributed by atoms with Gasteiger partial charge in [-0.25, -0.2) is 16.8 Å². The topological polar surface area (TPSA) is 114 Å². The molecule has 0 fully saturated rings. The molecule has 15 heteroatoms. The maximum atomic E-state index is 10.7. The quantitative estimate of drug-likeness (QED) is 0.263. The molecule has 0 aliphatic heterocycles. The third-order valence-electron chi connectivity index (χ3n) is 0.567. The van der Waals surface area contributed by atoms with Crippen LogP contribution in [0.5, 0.6) is 0 Å². The van der Waals surface area contributed by atoms with Crippen molar-refractivity contribution in [1.29, 1.82) is 0 Å². The third-order valence-corrected chi connectivity index (χ3v) is 1.70. The van der Waals surface area contributed by atoms with Crippen molar-refractivity contribution in [2.75, 3.05) is 0 Å². The zero-order valence-corrected chi connectivity index (χ0v) is 9.47. The van der Waals surface area contributed by atoms with E-state index in [1.165, 1.54) is 0 Å². The Hall–Kier alpha value is -0.106. The van der Waals surface area contributed by atoms with Crippen LogP contribution in [-0.4, -0.2) is 37.0 Å². The van der Waals surface area contributed by atoms with Crippen molar-refractivity contribution in [3.05, 3.63) is 0 Å². The SMILES string of the molecule is O=S(=O)([O-])C(F)(F)F.O=S(=O)([O-])C(F)(F)F.[Ni+2]. The molecule has 0 heterocycles. The van der Waals surface area contributed by atoms with Crippen molar-refractivity contribution < 1.29 is 68.8 Å². The van der Waals surface area contributed by atoms with Crippen LogP contribution < -0.4 is 0 Å². The largest absolute Gasteiger partial charge is 2.00 e. The van der Waals surface area contributed by atoms with Gasteiger partial charge in [0.25, 0.3) is 0 Å². The molecule has 0 aromatic heterocycles. The van der Waals surface area contributed by atoms with Gasteiger partial charge in [0.1, 0.15) is 0 Å². The predicted octanol–water partition coefficient (Wildman–Crippen LogP) is 0.100. The van der Waals surface area contributed by atoms with Gasteiger partial charge in [-0.15, -0.1) is 0 Å². The van der Waals surface area contributed by atoms with E-state index < -0.39 is 31.3 Å². The van der Waals surface area contributed by atoms with Gasteiger partial charge >= 0.3 is 27.5 Å². The van der Waals surface area contributed by atoms with Crippen LogP contribution in [0.25, 0.3) is 0 Å². The van der Waals surface area contributed by atoms with Crippen molar-refractivity contribution in [1.82, 2.24) is 0 Å². The molecular formula is C2F6NiO6S2. The molecule has 0 radical (unpaired) electrons. The van der Waals surface area contributed by atoms with Crippen molar-refractivity contribution >= 4 is 20.2 Å². The molecule has 0 amide bonds. The Morgan fingerprint density at radius 2 is 0.706 bits per heavy atom. The summed E-state index contributed by atoms with van der Waals surface area (Å²) in [5, 5.41) is 0. The van der Waals surface area contributed by atoms with Gasteiger partial charge in [-0.2, -0.15) is 26.3 Å². The van der Waals surface area contributed by atoms with Gasteiger partial charge in [0.2, 0.25) is 0 Å². The van der Waals surface area contributed by atoms with Gasteiger partial charge in [-0.05, 0) is 0 Å². The van der Waals surface area contributed by atoms with E-state index >= 15 is 0 Å². The summed E-state index contributed by atoms with van der Waals surface area (Å²) >= 11 is 0. The zero-order chi connectivity index (χ0) is 14.0. The van der Waals surface area contributed by atoms with Crippen LogP contribution in [0.4, 0.5) is 26.3 Å². The summed E-state index contributed by atoms with van der Waals surface area (Å²) in [6.07, 6.45) is 0. The second-order valence-electron chi connectivity index (χ2n) is 1.80. The van der Waals surface area contributed by atoms with E-state index in [0.717, 1.165) is 0 Å². The molecule has 0 rings (SSSR count). The normalized spacial score (nSPS) is 13.2. The van der Waals surface area contributed by atoms with Gasteiger partial charge < -0.3 is 9.11 Å². The molecule has 0 aliphatic carbocycles. The summed E-state index contributed by atoms with van der Waals surface area (Å²) < 4.78 is 118. The van der Waals surface area contributed by atoms with E-state index in [1.807, 2.05) is 0 Å². The molecule has 0 bridgehead atoms. The first-order valence-electron chi connectivity index (χ1n) is 2.54. The maximum absolute atomic E-state index is 10.7. The Bertz CT molecular complexity index is 374.